The number of rotatable bonds is 5. The first-order chi connectivity index (χ1) is 9.74. The van der Waals surface area contributed by atoms with Gasteiger partial charge in [-0.25, -0.2) is 0 Å². The number of hydrogen-bond donors (Lipinski definition) is 0. The SMILES string of the molecule is CC(O[Si](C)(C)C)(c1cccc(Br)c1)c1csc(C=O)c1. The Hall–Kier alpha value is -0.753. The van der Waals surface area contributed by atoms with Crippen molar-refractivity contribution in [3.05, 3.63) is 56.2 Å². The number of carbonyl (C=O) groups is 1. The van der Waals surface area contributed by atoms with Gasteiger partial charge >= 0.3 is 0 Å². The second-order valence-corrected chi connectivity index (χ2v) is 12.4. The standard InChI is InChI=1S/C16H19BrO2SSi/c1-16(19-21(2,3)4,12-6-5-7-14(17)8-12)13-9-15(10-18)20-11-13/h5-11H,1-4H3. The summed E-state index contributed by atoms with van der Waals surface area (Å²) < 4.78 is 7.54. The van der Waals surface area contributed by atoms with Crippen molar-refractivity contribution < 1.29 is 9.22 Å². The van der Waals surface area contributed by atoms with Crippen LogP contribution in [0.2, 0.25) is 19.6 Å². The third kappa shape index (κ3) is 3.91. The van der Waals surface area contributed by atoms with Crippen molar-refractivity contribution in [3.63, 3.8) is 0 Å². The van der Waals surface area contributed by atoms with E-state index >= 15 is 0 Å². The molecule has 1 heterocycles. The summed E-state index contributed by atoms with van der Waals surface area (Å²) in [5.74, 6) is 0. The van der Waals surface area contributed by atoms with Crippen LogP contribution >= 0.6 is 27.3 Å². The summed E-state index contributed by atoms with van der Waals surface area (Å²) in [6.07, 6.45) is 0.893. The first-order valence-electron chi connectivity index (χ1n) is 6.75. The van der Waals surface area contributed by atoms with Crippen molar-refractivity contribution in [1.82, 2.24) is 0 Å². The van der Waals surface area contributed by atoms with E-state index in [0.29, 0.717) is 0 Å². The van der Waals surface area contributed by atoms with Crippen LogP contribution in [-0.4, -0.2) is 14.6 Å². The molecule has 0 aliphatic carbocycles. The van der Waals surface area contributed by atoms with Gasteiger partial charge in [0.2, 0.25) is 0 Å². The summed E-state index contributed by atoms with van der Waals surface area (Å²) >= 11 is 4.98. The Morgan fingerprint density at radius 1 is 1.24 bits per heavy atom. The average molecular weight is 383 g/mol. The van der Waals surface area contributed by atoms with Crippen molar-refractivity contribution in [1.29, 1.82) is 0 Å². The number of hydrogen-bond acceptors (Lipinski definition) is 3. The molecule has 0 aliphatic heterocycles. The molecule has 2 nitrogen and oxygen atoms in total. The Labute approximate surface area is 139 Å². The third-order valence-electron chi connectivity index (χ3n) is 3.17. The zero-order valence-corrected chi connectivity index (χ0v) is 16.0. The topological polar surface area (TPSA) is 26.3 Å². The van der Waals surface area contributed by atoms with E-state index in [1.54, 1.807) is 0 Å². The number of carbonyl (C=O) groups excluding carboxylic acids is 1. The fraction of sp³-hybridized carbons (Fsp3) is 0.312. The Morgan fingerprint density at radius 2 is 1.95 bits per heavy atom. The molecule has 0 N–H and O–H groups in total. The maximum absolute atomic E-state index is 11.0. The predicted octanol–water partition coefficient (Wildman–Crippen LogP) is 5.44. The van der Waals surface area contributed by atoms with Gasteiger partial charge in [0.1, 0.15) is 5.60 Å². The Kier molecular flexibility index (Phi) is 4.88. The predicted molar refractivity (Wildman–Crippen MR) is 94.7 cm³/mol. The van der Waals surface area contributed by atoms with Crippen molar-refractivity contribution in [2.24, 2.45) is 0 Å². The molecule has 0 aliphatic rings. The first-order valence-corrected chi connectivity index (χ1v) is 11.8. The van der Waals surface area contributed by atoms with Gasteiger partial charge in [0.05, 0.1) is 4.88 Å². The molecular formula is C16H19BrO2SSi. The molecule has 0 saturated heterocycles. The Bertz CT molecular complexity index is 648. The smallest absolute Gasteiger partial charge is 0.185 e. The highest BCUT2D eigenvalue weighted by Gasteiger charge is 2.36. The molecule has 0 radical (unpaired) electrons. The molecule has 1 unspecified atom stereocenters. The molecule has 21 heavy (non-hydrogen) atoms. The van der Waals surface area contributed by atoms with E-state index in [0.717, 1.165) is 26.8 Å². The second kappa shape index (κ2) is 6.16. The fourth-order valence-corrected chi connectivity index (χ4v) is 5.01. The quantitative estimate of drug-likeness (QED) is 0.508. The minimum absolute atomic E-state index is 0.536. The van der Waals surface area contributed by atoms with Crippen LogP contribution < -0.4 is 0 Å². The summed E-state index contributed by atoms with van der Waals surface area (Å²) in [5.41, 5.74) is 1.59. The minimum Gasteiger partial charge on any atom is -0.404 e. The number of thiophene rings is 1. The number of aldehydes is 1. The molecule has 1 atom stereocenters. The third-order valence-corrected chi connectivity index (χ3v) is 5.54. The van der Waals surface area contributed by atoms with Crippen LogP contribution in [0.3, 0.4) is 0 Å². The number of halogens is 1. The number of benzene rings is 1. The summed E-state index contributed by atoms with van der Waals surface area (Å²) in [6.45, 7) is 8.62. The highest BCUT2D eigenvalue weighted by molar-refractivity contribution is 9.10. The molecule has 0 saturated carbocycles. The lowest BCUT2D eigenvalue weighted by Gasteiger charge is -2.36. The van der Waals surface area contributed by atoms with E-state index in [2.05, 4.69) is 54.6 Å². The molecule has 1 aromatic heterocycles. The molecule has 2 rings (SSSR count). The first kappa shape index (κ1) is 16.6. The van der Waals surface area contributed by atoms with Gasteiger partial charge in [-0.1, -0.05) is 28.1 Å². The van der Waals surface area contributed by atoms with Gasteiger partial charge in [-0.05, 0) is 61.3 Å². The lowest BCUT2D eigenvalue weighted by atomic mass is 9.90. The Balaban J connectivity index is 2.55. The zero-order chi connectivity index (χ0) is 15.7. The van der Waals surface area contributed by atoms with E-state index in [9.17, 15) is 4.79 Å². The van der Waals surface area contributed by atoms with Crippen LogP contribution in [0.1, 0.15) is 27.7 Å². The van der Waals surface area contributed by atoms with Crippen LogP contribution in [0.25, 0.3) is 0 Å². The monoisotopic (exact) mass is 382 g/mol. The van der Waals surface area contributed by atoms with E-state index in [4.69, 9.17) is 4.43 Å². The van der Waals surface area contributed by atoms with Crippen molar-refractivity contribution in [2.45, 2.75) is 32.2 Å². The molecular weight excluding hydrogens is 364 g/mol. The van der Waals surface area contributed by atoms with Gasteiger partial charge in [-0.2, -0.15) is 0 Å². The van der Waals surface area contributed by atoms with E-state index in [1.807, 2.05) is 23.6 Å². The lowest BCUT2D eigenvalue weighted by Crippen LogP contribution is -2.39. The van der Waals surface area contributed by atoms with Crippen molar-refractivity contribution in [3.8, 4) is 0 Å². The minimum atomic E-state index is -1.78. The highest BCUT2D eigenvalue weighted by Crippen LogP contribution is 2.38. The van der Waals surface area contributed by atoms with Gasteiger partial charge in [0, 0.05) is 4.47 Å². The summed E-state index contributed by atoms with van der Waals surface area (Å²) in [7, 11) is -1.78. The van der Waals surface area contributed by atoms with Crippen LogP contribution in [0.15, 0.2) is 40.2 Å². The van der Waals surface area contributed by atoms with Gasteiger partial charge in [0.15, 0.2) is 14.6 Å². The van der Waals surface area contributed by atoms with Gasteiger partial charge in [-0.15, -0.1) is 11.3 Å². The van der Waals surface area contributed by atoms with Crippen molar-refractivity contribution >= 4 is 41.9 Å². The summed E-state index contributed by atoms with van der Waals surface area (Å²) in [6, 6.07) is 10.1. The maximum atomic E-state index is 11.0. The second-order valence-electron chi connectivity index (χ2n) is 6.11. The molecule has 0 amide bonds. The Morgan fingerprint density at radius 3 is 2.48 bits per heavy atom. The van der Waals surface area contributed by atoms with Crippen LogP contribution in [0.5, 0.6) is 0 Å². The van der Waals surface area contributed by atoms with Crippen LogP contribution in [0.4, 0.5) is 0 Å². The van der Waals surface area contributed by atoms with E-state index in [1.165, 1.54) is 11.3 Å². The molecule has 5 heteroatoms. The zero-order valence-electron chi connectivity index (χ0n) is 12.6. The van der Waals surface area contributed by atoms with E-state index < -0.39 is 13.9 Å². The summed E-state index contributed by atoms with van der Waals surface area (Å²) in [4.78, 5) is 11.7. The van der Waals surface area contributed by atoms with Gasteiger partial charge in [-0.3, -0.25) is 4.79 Å². The molecule has 0 spiro atoms. The van der Waals surface area contributed by atoms with Crippen molar-refractivity contribution in [2.75, 3.05) is 0 Å². The van der Waals surface area contributed by atoms with Gasteiger partial charge < -0.3 is 4.43 Å². The van der Waals surface area contributed by atoms with Gasteiger partial charge in [0.25, 0.3) is 0 Å². The fourth-order valence-electron chi connectivity index (χ4n) is 2.35. The highest BCUT2D eigenvalue weighted by atomic mass is 79.9. The largest absolute Gasteiger partial charge is 0.404 e. The molecule has 0 bridgehead atoms. The molecule has 112 valence electrons. The molecule has 0 fully saturated rings. The van der Waals surface area contributed by atoms with E-state index in [-0.39, 0.29) is 0 Å². The normalized spacial score (nSPS) is 14.7. The molecule has 1 aromatic carbocycles. The summed E-state index contributed by atoms with van der Waals surface area (Å²) in [5, 5.41) is 2.02. The maximum Gasteiger partial charge on any atom is 0.185 e. The van der Waals surface area contributed by atoms with Crippen LogP contribution in [-0.2, 0) is 10.0 Å². The lowest BCUT2D eigenvalue weighted by molar-refractivity contribution is 0.112. The van der Waals surface area contributed by atoms with Crippen LogP contribution in [0, 0.1) is 0 Å². The average Bonchev–Trinajstić information content (AvgIpc) is 2.86. The molecule has 2 aromatic rings.